The van der Waals surface area contributed by atoms with Crippen LogP contribution in [-0.4, -0.2) is 31.1 Å². The summed E-state index contributed by atoms with van der Waals surface area (Å²) in [7, 11) is 0. The van der Waals surface area contributed by atoms with E-state index in [1.54, 1.807) is 18.3 Å². The predicted molar refractivity (Wildman–Crippen MR) is 153 cm³/mol. The molecule has 0 fully saturated rings. The zero-order valence-corrected chi connectivity index (χ0v) is 20.6. The van der Waals surface area contributed by atoms with Crippen molar-refractivity contribution in [2.24, 2.45) is 5.73 Å². The topological polar surface area (TPSA) is 111 Å². The Kier molecular flexibility index (Phi) is 5.06. The summed E-state index contributed by atoms with van der Waals surface area (Å²) in [5.41, 5.74) is 11.8. The second-order valence-electron chi connectivity index (χ2n) is 9.40. The zero-order chi connectivity index (χ0) is 26.5. The number of nitrogens with two attached hydrogens (primary N) is 1. The maximum atomic E-state index is 12.8. The number of benzene rings is 4. The van der Waals surface area contributed by atoms with Crippen LogP contribution in [0.3, 0.4) is 0 Å². The first-order valence-corrected chi connectivity index (χ1v) is 12.4. The SMILES string of the molecule is NC(=O)c1ccc2ccn(-c3ccc(-n4ncc5cc(NC(=O)c6ccc7cc[nH]c7c6)ccc54)cc3)c2c1. The van der Waals surface area contributed by atoms with E-state index in [0.29, 0.717) is 16.8 Å². The lowest BCUT2D eigenvalue weighted by Crippen LogP contribution is -2.11. The third-order valence-electron chi connectivity index (χ3n) is 6.99. The molecule has 188 valence electrons. The highest BCUT2D eigenvalue weighted by Gasteiger charge is 2.12. The van der Waals surface area contributed by atoms with E-state index in [4.69, 9.17) is 5.73 Å². The summed E-state index contributed by atoms with van der Waals surface area (Å²) in [5, 5.41) is 10.6. The molecular formula is C31H22N6O2. The Labute approximate surface area is 222 Å². The van der Waals surface area contributed by atoms with Crippen molar-refractivity contribution >= 4 is 50.2 Å². The highest BCUT2D eigenvalue weighted by molar-refractivity contribution is 6.07. The summed E-state index contributed by atoms with van der Waals surface area (Å²) < 4.78 is 3.89. The lowest BCUT2D eigenvalue weighted by Gasteiger charge is -2.09. The van der Waals surface area contributed by atoms with Gasteiger partial charge in [0.1, 0.15) is 0 Å². The molecule has 8 heteroatoms. The smallest absolute Gasteiger partial charge is 0.255 e. The first-order valence-electron chi connectivity index (χ1n) is 12.4. The van der Waals surface area contributed by atoms with Crippen LogP contribution >= 0.6 is 0 Å². The van der Waals surface area contributed by atoms with Gasteiger partial charge in [0.05, 0.1) is 22.9 Å². The molecule has 0 aliphatic carbocycles. The summed E-state index contributed by atoms with van der Waals surface area (Å²) in [4.78, 5) is 27.6. The van der Waals surface area contributed by atoms with Crippen LogP contribution in [0.4, 0.5) is 5.69 Å². The molecule has 2 amide bonds. The van der Waals surface area contributed by atoms with Crippen molar-refractivity contribution in [3.63, 3.8) is 0 Å². The monoisotopic (exact) mass is 510 g/mol. The van der Waals surface area contributed by atoms with E-state index in [2.05, 4.69) is 15.4 Å². The number of hydrogen-bond donors (Lipinski definition) is 3. The molecule has 3 aromatic heterocycles. The third-order valence-corrected chi connectivity index (χ3v) is 6.99. The maximum absolute atomic E-state index is 12.8. The Morgan fingerprint density at radius 2 is 1.54 bits per heavy atom. The number of H-pyrrole nitrogens is 1. The highest BCUT2D eigenvalue weighted by Crippen LogP contribution is 2.26. The molecule has 3 heterocycles. The van der Waals surface area contributed by atoms with Crippen molar-refractivity contribution in [1.29, 1.82) is 0 Å². The number of amides is 2. The molecule has 0 radical (unpaired) electrons. The Bertz CT molecular complexity index is 2050. The van der Waals surface area contributed by atoms with Gasteiger partial charge in [0.2, 0.25) is 5.91 Å². The van der Waals surface area contributed by atoms with Crippen LogP contribution in [-0.2, 0) is 0 Å². The minimum atomic E-state index is -0.452. The normalized spacial score (nSPS) is 11.4. The molecule has 0 saturated heterocycles. The number of fused-ring (bicyclic) bond motifs is 3. The zero-order valence-electron chi connectivity index (χ0n) is 20.6. The van der Waals surface area contributed by atoms with Crippen LogP contribution in [0.15, 0.2) is 110 Å². The number of carbonyl (C=O) groups excluding carboxylic acids is 2. The van der Waals surface area contributed by atoms with Gasteiger partial charge in [-0.05, 0) is 89.6 Å². The van der Waals surface area contributed by atoms with Gasteiger partial charge in [-0.25, -0.2) is 4.68 Å². The van der Waals surface area contributed by atoms with Gasteiger partial charge < -0.3 is 20.6 Å². The summed E-state index contributed by atoms with van der Waals surface area (Å²) in [6.45, 7) is 0. The largest absolute Gasteiger partial charge is 0.366 e. The lowest BCUT2D eigenvalue weighted by atomic mass is 10.1. The molecular weight excluding hydrogens is 488 g/mol. The van der Waals surface area contributed by atoms with Crippen molar-refractivity contribution in [3.8, 4) is 11.4 Å². The van der Waals surface area contributed by atoms with Crippen LogP contribution < -0.4 is 11.1 Å². The number of nitrogens with one attached hydrogen (secondary N) is 2. The number of anilines is 1. The van der Waals surface area contributed by atoms with Gasteiger partial charge >= 0.3 is 0 Å². The van der Waals surface area contributed by atoms with E-state index in [1.807, 2.05) is 101 Å². The van der Waals surface area contributed by atoms with Crippen LogP contribution in [0, 0.1) is 0 Å². The first-order chi connectivity index (χ1) is 19.0. The molecule has 0 atom stereocenters. The van der Waals surface area contributed by atoms with Crippen molar-refractivity contribution < 1.29 is 9.59 Å². The van der Waals surface area contributed by atoms with E-state index < -0.39 is 5.91 Å². The Balaban J connectivity index is 1.15. The standard InChI is InChI=1S/C31H22N6O2/c32-30(38)21-3-2-20-12-14-36(29(20)17-21)25-6-8-26(9-7-25)37-28-10-5-24(15-23(28)18-34-37)35-31(39)22-4-1-19-11-13-33-27(19)16-22/h1-18,33H,(H2,32,38)(H,35,39). The molecule has 0 bridgehead atoms. The summed E-state index contributed by atoms with van der Waals surface area (Å²) in [5.74, 6) is -0.624. The minimum absolute atomic E-state index is 0.172. The third kappa shape index (κ3) is 3.91. The molecule has 8 nitrogen and oxygen atoms in total. The quantitative estimate of drug-likeness (QED) is 0.272. The maximum Gasteiger partial charge on any atom is 0.255 e. The van der Waals surface area contributed by atoms with E-state index in [0.717, 1.165) is 44.1 Å². The molecule has 0 unspecified atom stereocenters. The summed E-state index contributed by atoms with van der Waals surface area (Å²) in [6.07, 6.45) is 5.61. The molecule has 0 aliphatic rings. The van der Waals surface area contributed by atoms with Gasteiger partial charge in [-0.3, -0.25) is 9.59 Å². The number of hydrogen-bond acceptors (Lipinski definition) is 3. The average molecular weight is 511 g/mol. The van der Waals surface area contributed by atoms with E-state index in [1.165, 1.54) is 0 Å². The van der Waals surface area contributed by atoms with Gasteiger partial charge in [-0.15, -0.1) is 0 Å². The van der Waals surface area contributed by atoms with E-state index in [-0.39, 0.29) is 5.91 Å². The molecule has 39 heavy (non-hydrogen) atoms. The van der Waals surface area contributed by atoms with E-state index in [9.17, 15) is 9.59 Å². The van der Waals surface area contributed by atoms with Gasteiger partial charge in [0.25, 0.3) is 5.91 Å². The number of aromatic nitrogens is 4. The van der Waals surface area contributed by atoms with Gasteiger partial charge in [-0.1, -0.05) is 12.1 Å². The van der Waals surface area contributed by atoms with Crippen molar-refractivity contribution in [2.75, 3.05) is 5.32 Å². The molecule has 0 aliphatic heterocycles. The van der Waals surface area contributed by atoms with E-state index >= 15 is 0 Å². The molecule has 7 rings (SSSR count). The lowest BCUT2D eigenvalue weighted by molar-refractivity contribution is 0.0997. The van der Waals surface area contributed by atoms with Crippen molar-refractivity contribution in [1.82, 2.24) is 19.3 Å². The van der Waals surface area contributed by atoms with Gasteiger partial charge in [0.15, 0.2) is 0 Å². The fraction of sp³-hybridized carbons (Fsp3) is 0. The number of nitrogens with zero attached hydrogens (tertiary/aromatic N) is 3. The fourth-order valence-electron chi connectivity index (χ4n) is 4.97. The van der Waals surface area contributed by atoms with Gasteiger partial charge in [0, 0.05) is 45.8 Å². The Morgan fingerprint density at radius 1 is 0.744 bits per heavy atom. The van der Waals surface area contributed by atoms with Crippen LogP contribution in [0.25, 0.3) is 44.1 Å². The molecule has 0 spiro atoms. The number of carbonyl (C=O) groups is 2. The molecule has 4 N–H and O–H groups in total. The fourth-order valence-corrected chi connectivity index (χ4v) is 4.97. The van der Waals surface area contributed by atoms with Gasteiger partial charge in [-0.2, -0.15) is 5.10 Å². The summed E-state index contributed by atoms with van der Waals surface area (Å²) >= 11 is 0. The second-order valence-corrected chi connectivity index (χ2v) is 9.40. The number of rotatable bonds is 5. The number of aromatic amines is 1. The van der Waals surface area contributed by atoms with Crippen LogP contribution in [0.5, 0.6) is 0 Å². The average Bonchev–Trinajstić information content (AvgIpc) is 3.70. The number of primary amides is 1. The highest BCUT2D eigenvalue weighted by atomic mass is 16.2. The minimum Gasteiger partial charge on any atom is -0.366 e. The Morgan fingerprint density at radius 3 is 2.38 bits per heavy atom. The van der Waals surface area contributed by atoms with Crippen molar-refractivity contribution in [3.05, 3.63) is 121 Å². The van der Waals surface area contributed by atoms with Crippen molar-refractivity contribution in [2.45, 2.75) is 0 Å². The Hall–Kier alpha value is -5.63. The predicted octanol–water partition coefficient (Wildman–Crippen LogP) is 5.80. The molecule has 7 aromatic rings. The molecule has 0 saturated carbocycles. The second kappa shape index (κ2) is 8.74. The molecule has 4 aromatic carbocycles. The first kappa shape index (κ1) is 22.6. The summed E-state index contributed by atoms with van der Waals surface area (Å²) in [6, 6.07) is 28.8. The van der Waals surface area contributed by atoms with Crippen LogP contribution in [0.2, 0.25) is 0 Å². The van der Waals surface area contributed by atoms with Crippen LogP contribution in [0.1, 0.15) is 20.7 Å².